The van der Waals surface area contributed by atoms with Crippen molar-refractivity contribution in [2.75, 3.05) is 6.54 Å². The van der Waals surface area contributed by atoms with Gasteiger partial charge in [0.25, 0.3) is 0 Å². The van der Waals surface area contributed by atoms with Gasteiger partial charge in [0.1, 0.15) is 0 Å². The lowest BCUT2D eigenvalue weighted by molar-refractivity contribution is -0.122. The molecule has 0 spiro atoms. The topological polar surface area (TPSA) is 75.4 Å². The molecule has 0 radical (unpaired) electrons. The van der Waals surface area contributed by atoms with Crippen molar-refractivity contribution in [3.8, 4) is 12.3 Å². The Hall–Kier alpha value is -1.05. The van der Waals surface area contributed by atoms with Crippen molar-refractivity contribution in [1.29, 1.82) is 0 Å². The molecule has 2 atom stereocenters. The first-order chi connectivity index (χ1) is 6.61. The largest absolute Gasteiger partial charge is 0.393 e. The normalized spacial score (nSPS) is 14.1. The number of aliphatic hydroxyl groups is 1. The van der Waals surface area contributed by atoms with Crippen LogP contribution in [0.15, 0.2) is 0 Å². The van der Waals surface area contributed by atoms with Gasteiger partial charge in [0.05, 0.1) is 12.1 Å². The van der Waals surface area contributed by atoms with Gasteiger partial charge >= 0.3 is 0 Å². The van der Waals surface area contributed by atoms with Crippen molar-refractivity contribution >= 4 is 5.91 Å². The minimum Gasteiger partial charge on any atom is -0.393 e. The van der Waals surface area contributed by atoms with Gasteiger partial charge in [-0.2, -0.15) is 0 Å². The van der Waals surface area contributed by atoms with Crippen LogP contribution in [-0.2, 0) is 4.79 Å². The van der Waals surface area contributed by atoms with Crippen molar-refractivity contribution < 1.29 is 9.90 Å². The molecule has 0 aromatic rings. The summed E-state index contributed by atoms with van der Waals surface area (Å²) in [6.45, 7) is 2.32. The smallest absolute Gasteiger partial charge is 0.237 e. The minimum absolute atomic E-state index is 0.238. The maximum Gasteiger partial charge on any atom is 0.237 e. The first kappa shape index (κ1) is 12.9. The summed E-state index contributed by atoms with van der Waals surface area (Å²) >= 11 is 0. The number of hydrogen-bond donors (Lipinski definition) is 3. The molecule has 0 aliphatic rings. The molecule has 0 aromatic carbocycles. The molecule has 0 saturated carbocycles. The lowest BCUT2D eigenvalue weighted by Gasteiger charge is -2.11. The zero-order valence-corrected chi connectivity index (χ0v) is 8.49. The van der Waals surface area contributed by atoms with E-state index in [2.05, 4.69) is 11.2 Å². The summed E-state index contributed by atoms with van der Waals surface area (Å²) in [4.78, 5) is 11.2. The number of nitrogens with two attached hydrogens (primary N) is 1. The van der Waals surface area contributed by atoms with Gasteiger partial charge in [0.15, 0.2) is 0 Å². The van der Waals surface area contributed by atoms with Crippen LogP contribution in [0.4, 0.5) is 0 Å². The van der Waals surface area contributed by atoms with E-state index in [0.29, 0.717) is 19.4 Å². The second-order valence-corrected chi connectivity index (χ2v) is 3.16. The number of terminal acetylenes is 1. The van der Waals surface area contributed by atoms with Gasteiger partial charge in [-0.3, -0.25) is 4.79 Å². The van der Waals surface area contributed by atoms with Crippen molar-refractivity contribution in [1.82, 2.24) is 5.32 Å². The highest BCUT2D eigenvalue weighted by Gasteiger charge is 2.11. The molecular formula is C10H18N2O2. The van der Waals surface area contributed by atoms with E-state index in [1.807, 2.05) is 6.92 Å². The lowest BCUT2D eigenvalue weighted by Crippen LogP contribution is -2.41. The third kappa shape index (κ3) is 5.57. The molecule has 0 heterocycles. The van der Waals surface area contributed by atoms with Gasteiger partial charge in [0.2, 0.25) is 5.91 Å². The van der Waals surface area contributed by atoms with Crippen LogP contribution in [0.25, 0.3) is 0 Å². The number of hydrogen-bond acceptors (Lipinski definition) is 3. The Morgan fingerprint density at radius 2 is 2.36 bits per heavy atom. The van der Waals surface area contributed by atoms with Crippen molar-refractivity contribution in [3.05, 3.63) is 0 Å². The van der Waals surface area contributed by atoms with E-state index >= 15 is 0 Å². The molecule has 0 bridgehead atoms. The Morgan fingerprint density at radius 1 is 1.71 bits per heavy atom. The number of aliphatic hydroxyl groups excluding tert-OH is 1. The van der Waals surface area contributed by atoms with E-state index in [9.17, 15) is 9.90 Å². The number of amides is 1. The van der Waals surface area contributed by atoms with Crippen LogP contribution in [0.5, 0.6) is 0 Å². The van der Waals surface area contributed by atoms with E-state index in [1.54, 1.807) is 0 Å². The summed E-state index contributed by atoms with van der Waals surface area (Å²) in [5.74, 6) is 2.07. The molecule has 0 rings (SSSR count). The van der Waals surface area contributed by atoms with E-state index in [0.717, 1.165) is 0 Å². The SMILES string of the molecule is C#CCC(N)C(=O)NCCC(O)CC. The highest BCUT2D eigenvalue weighted by molar-refractivity contribution is 5.81. The maximum absolute atomic E-state index is 11.2. The first-order valence-corrected chi connectivity index (χ1v) is 4.76. The average Bonchev–Trinajstić information content (AvgIpc) is 2.17. The standard InChI is InChI=1S/C10H18N2O2/c1-3-5-9(11)10(14)12-7-6-8(13)4-2/h1,8-9,13H,4-7,11H2,2H3,(H,12,14). The van der Waals surface area contributed by atoms with E-state index in [1.165, 1.54) is 0 Å². The number of carbonyl (C=O) groups is 1. The molecule has 4 heteroatoms. The highest BCUT2D eigenvalue weighted by Crippen LogP contribution is 1.94. The highest BCUT2D eigenvalue weighted by atomic mass is 16.3. The molecule has 80 valence electrons. The van der Waals surface area contributed by atoms with Gasteiger partial charge in [-0.25, -0.2) is 0 Å². The van der Waals surface area contributed by atoms with Crippen LogP contribution in [0.3, 0.4) is 0 Å². The van der Waals surface area contributed by atoms with E-state index in [4.69, 9.17) is 12.2 Å². The molecule has 0 fully saturated rings. The third-order valence-electron chi connectivity index (χ3n) is 1.92. The summed E-state index contributed by atoms with van der Waals surface area (Å²) in [7, 11) is 0. The quantitative estimate of drug-likeness (QED) is 0.509. The molecule has 0 aromatic heterocycles. The summed E-state index contributed by atoms with van der Waals surface area (Å²) in [6, 6.07) is -0.640. The minimum atomic E-state index is -0.640. The first-order valence-electron chi connectivity index (χ1n) is 4.76. The fourth-order valence-corrected chi connectivity index (χ4v) is 0.917. The molecule has 0 aliphatic heterocycles. The maximum atomic E-state index is 11.2. The Bertz CT molecular complexity index is 211. The Morgan fingerprint density at radius 3 is 2.86 bits per heavy atom. The second-order valence-electron chi connectivity index (χ2n) is 3.16. The number of rotatable bonds is 6. The summed E-state index contributed by atoms with van der Waals surface area (Å²) < 4.78 is 0. The molecule has 1 amide bonds. The zero-order chi connectivity index (χ0) is 11.0. The van der Waals surface area contributed by atoms with Crippen LogP contribution < -0.4 is 11.1 Å². The van der Waals surface area contributed by atoms with Crippen LogP contribution >= 0.6 is 0 Å². The van der Waals surface area contributed by atoms with Gasteiger partial charge in [-0.05, 0) is 12.8 Å². The van der Waals surface area contributed by atoms with Gasteiger partial charge < -0.3 is 16.2 Å². The molecule has 2 unspecified atom stereocenters. The van der Waals surface area contributed by atoms with Crippen LogP contribution in [0.1, 0.15) is 26.2 Å². The Balaban J connectivity index is 3.59. The van der Waals surface area contributed by atoms with Crippen LogP contribution in [-0.4, -0.2) is 29.7 Å². The van der Waals surface area contributed by atoms with Gasteiger partial charge in [-0.15, -0.1) is 12.3 Å². The number of carbonyl (C=O) groups excluding carboxylic acids is 1. The number of nitrogens with one attached hydrogen (secondary N) is 1. The Kier molecular flexibility index (Phi) is 6.81. The molecular weight excluding hydrogens is 180 g/mol. The fraction of sp³-hybridized carbons (Fsp3) is 0.700. The monoisotopic (exact) mass is 198 g/mol. The summed E-state index contributed by atoms with van der Waals surface area (Å²) in [5, 5.41) is 11.8. The fourth-order valence-electron chi connectivity index (χ4n) is 0.917. The van der Waals surface area contributed by atoms with Gasteiger partial charge in [0, 0.05) is 13.0 Å². The zero-order valence-electron chi connectivity index (χ0n) is 8.49. The van der Waals surface area contributed by atoms with Crippen molar-refractivity contribution in [3.63, 3.8) is 0 Å². The van der Waals surface area contributed by atoms with Crippen molar-refractivity contribution in [2.24, 2.45) is 5.73 Å². The second kappa shape index (κ2) is 7.36. The average molecular weight is 198 g/mol. The summed E-state index contributed by atoms with van der Waals surface area (Å²) in [6.07, 6.45) is 6.13. The molecule has 14 heavy (non-hydrogen) atoms. The molecule has 0 saturated heterocycles. The third-order valence-corrected chi connectivity index (χ3v) is 1.92. The summed E-state index contributed by atoms with van der Waals surface area (Å²) in [5.41, 5.74) is 5.46. The van der Waals surface area contributed by atoms with Gasteiger partial charge in [-0.1, -0.05) is 6.92 Å². The molecule has 4 N–H and O–H groups in total. The van der Waals surface area contributed by atoms with E-state index < -0.39 is 6.04 Å². The van der Waals surface area contributed by atoms with Crippen LogP contribution in [0.2, 0.25) is 0 Å². The lowest BCUT2D eigenvalue weighted by atomic mass is 10.2. The molecule has 4 nitrogen and oxygen atoms in total. The Labute approximate surface area is 84.9 Å². The van der Waals surface area contributed by atoms with Crippen molar-refractivity contribution in [2.45, 2.75) is 38.3 Å². The predicted molar refractivity (Wildman–Crippen MR) is 55.3 cm³/mol. The van der Waals surface area contributed by atoms with Crippen LogP contribution in [0, 0.1) is 12.3 Å². The molecule has 0 aliphatic carbocycles. The predicted octanol–water partition coefficient (Wildman–Crippen LogP) is -0.386. The van der Waals surface area contributed by atoms with E-state index in [-0.39, 0.29) is 18.4 Å².